The standard InChI is InChI=1S/C22H30FOP/c1-8-22(7,25-20-15(3)10-9-11-18(20)23)17-13-14(2)12-16(19(17)24)21(4,5)6/h9-13,24-25H,8H2,1-7H3. The zero-order valence-electron chi connectivity index (χ0n) is 16.4. The van der Waals surface area contributed by atoms with Gasteiger partial charge in [0, 0.05) is 16.0 Å². The van der Waals surface area contributed by atoms with Gasteiger partial charge in [0.2, 0.25) is 0 Å². The molecule has 0 aliphatic rings. The van der Waals surface area contributed by atoms with Crippen LogP contribution in [0.5, 0.6) is 5.75 Å². The average molecular weight is 360 g/mol. The highest BCUT2D eigenvalue weighted by Crippen LogP contribution is 2.50. The minimum atomic E-state index is -0.303. The first-order valence-electron chi connectivity index (χ1n) is 8.87. The van der Waals surface area contributed by atoms with E-state index in [1.165, 1.54) is 6.07 Å². The molecule has 2 unspecified atom stereocenters. The first kappa shape index (κ1) is 19.9. The first-order chi connectivity index (χ1) is 11.5. The van der Waals surface area contributed by atoms with Crippen LogP contribution in [0.3, 0.4) is 0 Å². The Morgan fingerprint density at radius 3 is 2.16 bits per heavy atom. The maximum atomic E-state index is 14.4. The third-order valence-corrected chi connectivity index (χ3v) is 7.04. The maximum Gasteiger partial charge on any atom is 0.130 e. The molecular weight excluding hydrogens is 330 g/mol. The summed E-state index contributed by atoms with van der Waals surface area (Å²) in [4.78, 5) is 0. The summed E-state index contributed by atoms with van der Waals surface area (Å²) in [6, 6.07) is 9.37. The highest BCUT2D eigenvalue weighted by molar-refractivity contribution is 7.48. The van der Waals surface area contributed by atoms with Gasteiger partial charge in [0.25, 0.3) is 0 Å². The number of hydrogen-bond acceptors (Lipinski definition) is 1. The van der Waals surface area contributed by atoms with Crippen LogP contribution in [0.4, 0.5) is 4.39 Å². The molecule has 136 valence electrons. The second kappa shape index (κ2) is 7.08. The fourth-order valence-corrected chi connectivity index (χ4v) is 4.72. The SMILES string of the molecule is CCC(C)(Pc1c(C)cccc1F)c1cc(C)cc(C(C)(C)C)c1O. The predicted octanol–water partition coefficient (Wildman–Crippen LogP) is 6.07. The van der Waals surface area contributed by atoms with Crippen LogP contribution in [0, 0.1) is 19.7 Å². The van der Waals surface area contributed by atoms with Gasteiger partial charge in [-0.3, -0.25) is 0 Å². The lowest BCUT2D eigenvalue weighted by Gasteiger charge is -2.33. The molecule has 0 aliphatic carbocycles. The van der Waals surface area contributed by atoms with Gasteiger partial charge >= 0.3 is 0 Å². The van der Waals surface area contributed by atoms with Crippen molar-refractivity contribution in [3.63, 3.8) is 0 Å². The number of aryl methyl sites for hydroxylation is 2. The van der Waals surface area contributed by atoms with Gasteiger partial charge < -0.3 is 5.11 Å². The molecule has 1 nitrogen and oxygen atoms in total. The Hall–Kier alpha value is -1.40. The summed E-state index contributed by atoms with van der Waals surface area (Å²) in [6.45, 7) is 14.6. The number of phenols is 1. The number of halogens is 1. The molecule has 2 aromatic carbocycles. The molecule has 0 amide bonds. The van der Waals surface area contributed by atoms with Crippen molar-refractivity contribution in [1.82, 2.24) is 0 Å². The number of phenolic OH excluding ortho intramolecular Hbond substituents is 1. The van der Waals surface area contributed by atoms with E-state index in [2.05, 4.69) is 53.7 Å². The largest absolute Gasteiger partial charge is 0.507 e. The molecule has 0 aliphatic heterocycles. The van der Waals surface area contributed by atoms with E-state index in [1.54, 1.807) is 6.07 Å². The summed E-state index contributed by atoms with van der Waals surface area (Å²) in [5, 5.41) is 11.5. The highest BCUT2D eigenvalue weighted by Gasteiger charge is 2.32. The Kier molecular flexibility index (Phi) is 5.64. The lowest BCUT2D eigenvalue weighted by atomic mass is 9.82. The van der Waals surface area contributed by atoms with Gasteiger partial charge in [0.1, 0.15) is 11.6 Å². The van der Waals surface area contributed by atoms with Crippen molar-refractivity contribution < 1.29 is 9.50 Å². The van der Waals surface area contributed by atoms with Crippen LogP contribution in [0.15, 0.2) is 30.3 Å². The van der Waals surface area contributed by atoms with Crippen LogP contribution in [0.25, 0.3) is 0 Å². The summed E-state index contributed by atoms with van der Waals surface area (Å²) < 4.78 is 14.4. The van der Waals surface area contributed by atoms with E-state index < -0.39 is 0 Å². The number of hydrogen-bond donors (Lipinski definition) is 1. The molecule has 1 N–H and O–H groups in total. The second-order valence-electron chi connectivity index (χ2n) is 8.20. The molecule has 2 rings (SSSR count). The molecule has 2 atom stereocenters. The minimum absolute atomic E-state index is 0.142. The van der Waals surface area contributed by atoms with E-state index in [0.29, 0.717) is 5.75 Å². The molecule has 0 fully saturated rings. The quantitative estimate of drug-likeness (QED) is 0.656. The Morgan fingerprint density at radius 2 is 1.64 bits per heavy atom. The first-order valence-corrected chi connectivity index (χ1v) is 9.87. The van der Waals surface area contributed by atoms with E-state index in [9.17, 15) is 9.50 Å². The van der Waals surface area contributed by atoms with Crippen LogP contribution in [-0.4, -0.2) is 5.11 Å². The molecule has 25 heavy (non-hydrogen) atoms. The summed E-state index contributed by atoms with van der Waals surface area (Å²) in [6.07, 6.45) is 0.833. The summed E-state index contributed by atoms with van der Waals surface area (Å²) in [5.41, 5.74) is 3.85. The zero-order valence-corrected chi connectivity index (χ0v) is 17.4. The molecule has 0 radical (unpaired) electrons. The number of benzene rings is 2. The van der Waals surface area contributed by atoms with Gasteiger partial charge in [-0.2, -0.15) is 0 Å². The van der Waals surface area contributed by atoms with Gasteiger partial charge in [0.05, 0.1) is 0 Å². The van der Waals surface area contributed by atoms with E-state index in [-0.39, 0.29) is 25.0 Å². The molecule has 0 bridgehead atoms. The van der Waals surface area contributed by atoms with E-state index >= 15 is 0 Å². The zero-order chi connectivity index (χ0) is 19.0. The van der Waals surface area contributed by atoms with Crippen LogP contribution in [0.2, 0.25) is 0 Å². The summed E-state index contributed by atoms with van der Waals surface area (Å²) in [7, 11) is 0.261. The molecule has 0 spiro atoms. The van der Waals surface area contributed by atoms with Gasteiger partial charge in [-0.1, -0.05) is 73.0 Å². The lowest BCUT2D eigenvalue weighted by molar-refractivity contribution is 0.430. The summed E-state index contributed by atoms with van der Waals surface area (Å²) >= 11 is 0. The van der Waals surface area contributed by atoms with Gasteiger partial charge in [0.15, 0.2) is 0 Å². The molecule has 3 heteroatoms. The van der Waals surface area contributed by atoms with Crippen molar-refractivity contribution >= 4 is 13.9 Å². The molecular formula is C22H30FOP. The molecule has 0 saturated heterocycles. The predicted molar refractivity (Wildman–Crippen MR) is 108 cm³/mol. The fraction of sp³-hybridized carbons (Fsp3) is 0.455. The second-order valence-corrected chi connectivity index (χ2v) is 10.1. The Morgan fingerprint density at radius 1 is 1.04 bits per heavy atom. The molecule has 0 saturated carbocycles. The lowest BCUT2D eigenvalue weighted by Crippen LogP contribution is -2.23. The van der Waals surface area contributed by atoms with Crippen LogP contribution >= 0.6 is 8.58 Å². The molecule has 0 heterocycles. The van der Waals surface area contributed by atoms with Crippen LogP contribution in [-0.2, 0) is 10.6 Å². The fourth-order valence-electron chi connectivity index (χ4n) is 3.18. The molecule has 2 aromatic rings. The van der Waals surface area contributed by atoms with Gasteiger partial charge in [-0.25, -0.2) is 4.39 Å². The van der Waals surface area contributed by atoms with Crippen LogP contribution < -0.4 is 5.30 Å². The summed E-state index contributed by atoms with van der Waals surface area (Å²) in [5.74, 6) is 0.213. The number of rotatable bonds is 4. The normalized spacial score (nSPS) is 14.9. The topological polar surface area (TPSA) is 20.2 Å². The van der Waals surface area contributed by atoms with Crippen LogP contribution in [0.1, 0.15) is 63.3 Å². The van der Waals surface area contributed by atoms with Crippen molar-refractivity contribution in [1.29, 1.82) is 0 Å². The Balaban J connectivity index is 2.62. The highest BCUT2D eigenvalue weighted by atomic mass is 31.1. The van der Waals surface area contributed by atoms with Crippen molar-refractivity contribution in [2.24, 2.45) is 0 Å². The van der Waals surface area contributed by atoms with Gasteiger partial charge in [-0.15, -0.1) is 0 Å². The maximum absolute atomic E-state index is 14.4. The van der Waals surface area contributed by atoms with Crippen molar-refractivity contribution in [3.8, 4) is 5.75 Å². The third kappa shape index (κ3) is 4.06. The monoisotopic (exact) mass is 360 g/mol. The smallest absolute Gasteiger partial charge is 0.130 e. The van der Waals surface area contributed by atoms with Crippen molar-refractivity contribution in [2.45, 2.75) is 65.5 Å². The van der Waals surface area contributed by atoms with Crippen molar-refractivity contribution in [3.05, 3.63) is 58.4 Å². The Labute approximate surface area is 153 Å². The Bertz CT molecular complexity index is 756. The van der Waals surface area contributed by atoms with Gasteiger partial charge in [-0.05, 0) is 42.9 Å². The van der Waals surface area contributed by atoms with E-state index in [1.807, 2.05) is 13.0 Å². The third-order valence-electron chi connectivity index (χ3n) is 4.99. The average Bonchev–Trinajstić information content (AvgIpc) is 2.51. The molecule has 0 aromatic heterocycles. The van der Waals surface area contributed by atoms with E-state index in [0.717, 1.165) is 34.0 Å². The van der Waals surface area contributed by atoms with E-state index in [4.69, 9.17) is 0 Å². The van der Waals surface area contributed by atoms with Crippen molar-refractivity contribution in [2.75, 3.05) is 0 Å². The number of aromatic hydroxyl groups is 1. The minimum Gasteiger partial charge on any atom is -0.507 e.